The zero-order valence-corrected chi connectivity index (χ0v) is 11.3. The number of benzene rings is 1. The lowest BCUT2D eigenvalue weighted by Gasteiger charge is -2.15. The molecule has 6 heteroatoms. The molecule has 1 aromatic carbocycles. The molecule has 2 aromatic rings. The Morgan fingerprint density at radius 2 is 2.33 bits per heavy atom. The highest BCUT2D eigenvalue weighted by atomic mass is 79.9. The van der Waals surface area contributed by atoms with Crippen LogP contribution in [-0.2, 0) is 11.2 Å². The molecule has 0 N–H and O–H groups in total. The molecule has 1 atom stereocenters. The fourth-order valence-electron chi connectivity index (χ4n) is 2.26. The van der Waals surface area contributed by atoms with Gasteiger partial charge in [-0.3, -0.25) is 4.79 Å². The topological polar surface area (TPSA) is 59.2 Å². The van der Waals surface area contributed by atoms with Crippen LogP contribution in [0.25, 0.3) is 11.0 Å². The van der Waals surface area contributed by atoms with E-state index in [1.807, 2.05) is 23.1 Å². The minimum Gasteiger partial charge on any atom is -0.341 e. The minimum absolute atomic E-state index is 0.210. The van der Waals surface area contributed by atoms with Gasteiger partial charge in [0.2, 0.25) is 5.91 Å². The average Bonchev–Trinajstić information content (AvgIpc) is 2.93. The van der Waals surface area contributed by atoms with Crippen LogP contribution in [0.1, 0.15) is 12.0 Å². The van der Waals surface area contributed by atoms with Crippen LogP contribution in [0.15, 0.2) is 22.8 Å². The third-order valence-electron chi connectivity index (χ3n) is 3.19. The summed E-state index contributed by atoms with van der Waals surface area (Å²) in [4.78, 5) is 13.8. The average molecular weight is 310 g/mol. The molecule has 0 aliphatic carbocycles. The van der Waals surface area contributed by atoms with Crippen molar-refractivity contribution in [2.45, 2.75) is 17.7 Å². The van der Waals surface area contributed by atoms with Gasteiger partial charge in [-0.25, -0.2) is 4.63 Å². The predicted molar refractivity (Wildman–Crippen MR) is 69.4 cm³/mol. The SMILES string of the molecule is O=C1CC(Br)CN1CCc1cccc2nonc12. The Labute approximate surface area is 112 Å². The summed E-state index contributed by atoms with van der Waals surface area (Å²) >= 11 is 3.48. The first-order chi connectivity index (χ1) is 8.74. The first-order valence-corrected chi connectivity index (χ1v) is 6.77. The molecule has 0 bridgehead atoms. The largest absolute Gasteiger partial charge is 0.341 e. The number of carbonyl (C=O) groups is 1. The van der Waals surface area contributed by atoms with E-state index in [9.17, 15) is 4.79 Å². The third kappa shape index (κ3) is 2.12. The van der Waals surface area contributed by atoms with Crippen LogP contribution in [0.3, 0.4) is 0 Å². The van der Waals surface area contributed by atoms with Gasteiger partial charge in [0.15, 0.2) is 0 Å². The van der Waals surface area contributed by atoms with Crippen LogP contribution in [0, 0.1) is 0 Å². The molecule has 0 saturated carbocycles. The van der Waals surface area contributed by atoms with Crippen molar-refractivity contribution in [2.75, 3.05) is 13.1 Å². The normalized spacial score (nSPS) is 19.9. The summed E-state index contributed by atoms with van der Waals surface area (Å²) < 4.78 is 4.73. The molecule has 18 heavy (non-hydrogen) atoms. The van der Waals surface area contributed by atoms with Crippen LogP contribution < -0.4 is 0 Å². The van der Waals surface area contributed by atoms with Crippen LogP contribution in [0.5, 0.6) is 0 Å². The molecule has 0 radical (unpaired) electrons. The molecule has 1 fully saturated rings. The molecule has 1 amide bonds. The summed E-state index contributed by atoms with van der Waals surface area (Å²) in [6.07, 6.45) is 1.37. The second-order valence-corrected chi connectivity index (χ2v) is 5.74. The highest BCUT2D eigenvalue weighted by Gasteiger charge is 2.27. The van der Waals surface area contributed by atoms with E-state index < -0.39 is 0 Å². The molecule has 1 aliphatic rings. The smallest absolute Gasteiger partial charge is 0.223 e. The Kier molecular flexibility index (Phi) is 3.03. The van der Waals surface area contributed by atoms with E-state index in [0.29, 0.717) is 13.0 Å². The molecule has 94 valence electrons. The van der Waals surface area contributed by atoms with Gasteiger partial charge in [0, 0.05) is 24.3 Å². The Balaban J connectivity index is 1.73. The number of likely N-dealkylation sites (tertiary alicyclic amines) is 1. The number of nitrogens with zero attached hydrogens (tertiary/aromatic N) is 3. The Bertz CT molecular complexity index is 583. The van der Waals surface area contributed by atoms with Gasteiger partial charge < -0.3 is 4.90 Å². The Morgan fingerprint density at radius 1 is 1.44 bits per heavy atom. The van der Waals surface area contributed by atoms with Crippen LogP contribution >= 0.6 is 15.9 Å². The van der Waals surface area contributed by atoms with Gasteiger partial charge in [-0.2, -0.15) is 0 Å². The van der Waals surface area contributed by atoms with Crippen LogP contribution in [0.4, 0.5) is 0 Å². The van der Waals surface area contributed by atoms with Crippen molar-refractivity contribution in [3.8, 4) is 0 Å². The number of rotatable bonds is 3. The van der Waals surface area contributed by atoms with Crippen molar-refractivity contribution in [1.29, 1.82) is 0 Å². The quantitative estimate of drug-likeness (QED) is 0.811. The summed E-state index contributed by atoms with van der Waals surface area (Å²) in [5.41, 5.74) is 2.62. The number of amides is 1. The maximum Gasteiger partial charge on any atom is 0.223 e. The summed E-state index contributed by atoms with van der Waals surface area (Å²) in [5.74, 6) is 0.210. The number of hydrogen-bond acceptors (Lipinski definition) is 4. The number of halogens is 1. The van der Waals surface area contributed by atoms with E-state index in [-0.39, 0.29) is 10.7 Å². The molecule has 1 aromatic heterocycles. The number of aromatic nitrogens is 2. The van der Waals surface area contributed by atoms with Crippen LogP contribution in [-0.4, -0.2) is 39.0 Å². The fraction of sp³-hybridized carbons (Fsp3) is 0.417. The van der Waals surface area contributed by atoms with Gasteiger partial charge in [0.1, 0.15) is 11.0 Å². The molecule has 1 unspecified atom stereocenters. The van der Waals surface area contributed by atoms with E-state index in [1.54, 1.807) is 0 Å². The van der Waals surface area contributed by atoms with Gasteiger partial charge in [0.25, 0.3) is 0 Å². The van der Waals surface area contributed by atoms with Crippen molar-refractivity contribution in [3.05, 3.63) is 23.8 Å². The van der Waals surface area contributed by atoms with Crippen molar-refractivity contribution >= 4 is 32.9 Å². The van der Waals surface area contributed by atoms with Crippen molar-refractivity contribution < 1.29 is 9.42 Å². The molecule has 2 heterocycles. The zero-order valence-electron chi connectivity index (χ0n) is 9.67. The number of carbonyl (C=O) groups excluding carboxylic acids is 1. The van der Waals surface area contributed by atoms with Gasteiger partial charge in [0.05, 0.1) is 0 Å². The highest BCUT2D eigenvalue weighted by Crippen LogP contribution is 2.20. The molecule has 3 rings (SSSR count). The zero-order chi connectivity index (χ0) is 12.5. The molecule has 1 saturated heterocycles. The standard InChI is InChI=1S/C12H12BrN3O2/c13-9-6-11(17)16(7-9)5-4-8-2-1-3-10-12(8)15-18-14-10/h1-3,9H,4-7H2. The lowest BCUT2D eigenvalue weighted by Crippen LogP contribution is -2.27. The summed E-state index contributed by atoms with van der Waals surface area (Å²) in [5, 5.41) is 7.71. The summed E-state index contributed by atoms with van der Waals surface area (Å²) in [7, 11) is 0. The van der Waals surface area contributed by atoms with Crippen molar-refractivity contribution in [2.24, 2.45) is 0 Å². The van der Waals surface area contributed by atoms with E-state index >= 15 is 0 Å². The van der Waals surface area contributed by atoms with Crippen molar-refractivity contribution in [3.63, 3.8) is 0 Å². The van der Waals surface area contributed by atoms with Gasteiger partial charge >= 0.3 is 0 Å². The maximum atomic E-state index is 11.7. The number of hydrogen-bond donors (Lipinski definition) is 0. The lowest BCUT2D eigenvalue weighted by atomic mass is 10.1. The molecular weight excluding hydrogens is 298 g/mol. The summed E-state index contributed by atoms with van der Waals surface area (Å²) in [6, 6.07) is 5.80. The van der Waals surface area contributed by atoms with Crippen LogP contribution in [0.2, 0.25) is 0 Å². The summed E-state index contributed by atoms with van der Waals surface area (Å²) in [6.45, 7) is 1.50. The predicted octanol–water partition coefficient (Wildman–Crippen LogP) is 1.76. The third-order valence-corrected chi connectivity index (χ3v) is 3.80. The van der Waals surface area contributed by atoms with E-state index in [2.05, 4.69) is 26.2 Å². The molecule has 5 nitrogen and oxygen atoms in total. The van der Waals surface area contributed by atoms with E-state index in [4.69, 9.17) is 4.63 Å². The monoisotopic (exact) mass is 309 g/mol. The second kappa shape index (κ2) is 4.68. The molecular formula is C12H12BrN3O2. The molecule has 1 aliphatic heterocycles. The van der Waals surface area contributed by atoms with E-state index in [1.165, 1.54) is 0 Å². The molecule has 0 spiro atoms. The van der Waals surface area contributed by atoms with Gasteiger partial charge in [-0.1, -0.05) is 28.1 Å². The van der Waals surface area contributed by atoms with Gasteiger partial charge in [-0.15, -0.1) is 0 Å². The second-order valence-electron chi connectivity index (χ2n) is 4.44. The Morgan fingerprint density at radius 3 is 3.11 bits per heavy atom. The first kappa shape index (κ1) is 11.6. The van der Waals surface area contributed by atoms with E-state index in [0.717, 1.165) is 29.6 Å². The highest BCUT2D eigenvalue weighted by molar-refractivity contribution is 9.09. The fourth-order valence-corrected chi connectivity index (χ4v) is 2.89. The van der Waals surface area contributed by atoms with Gasteiger partial charge in [-0.05, 0) is 28.4 Å². The minimum atomic E-state index is 0.210. The lowest BCUT2D eigenvalue weighted by molar-refractivity contribution is -0.127. The Hall–Kier alpha value is -1.43. The first-order valence-electron chi connectivity index (χ1n) is 5.86. The maximum absolute atomic E-state index is 11.7. The number of fused-ring (bicyclic) bond motifs is 1. The number of alkyl halides is 1. The van der Waals surface area contributed by atoms with Crippen molar-refractivity contribution in [1.82, 2.24) is 15.2 Å².